The van der Waals surface area contributed by atoms with Crippen LogP contribution in [-0.2, 0) is 5.41 Å². The van der Waals surface area contributed by atoms with Crippen LogP contribution in [0.3, 0.4) is 0 Å². The molecule has 0 saturated heterocycles. The molecular weight excluding hydrogens is 727 g/mol. The summed E-state index contributed by atoms with van der Waals surface area (Å²) in [5.74, 6) is 0.862. The Morgan fingerprint density at radius 1 is 0.400 bits per heavy atom. The van der Waals surface area contributed by atoms with Gasteiger partial charge in [0.25, 0.3) is 0 Å². The Hall–Kier alpha value is -7.88. The van der Waals surface area contributed by atoms with E-state index in [2.05, 4.69) is 217 Å². The number of anilines is 3. The lowest BCUT2D eigenvalue weighted by atomic mass is 9.67. The van der Waals surface area contributed by atoms with Crippen LogP contribution in [0.5, 0.6) is 0 Å². The summed E-state index contributed by atoms with van der Waals surface area (Å²) in [5, 5.41) is 2.34. The second kappa shape index (κ2) is 13.6. The predicted octanol–water partition coefficient (Wildman–Crippen LogP) is 14.4. The molecule has 0 N–H and O–H groups in total. The van der Waals surface area contributed by atoms with Crippen molar-refractivity contribution in [1.82, 2.24) is 9.97 Å². The molecule has 0 fully saturated rings. The van der Waals surface area contributed by atoms with Gasteiger partial charge in [-0.25, -0.2) is 4.98 Å². The van der Waals surface area contributed by atoms with Gasteiger partial charge in [0, 0.05) is 33.8 Å². The molecule has 10 aromatic rings. The van der Waals surface area contributed by atoms with E-state index in [-0.39, 0.29) is 0 Å². The number of rotatable bonds is 6. The summed E-state index contributed by atoms with van der Waals surface area (Å²) in [6.45, 7) is 0. The molecule has 0 amide bonds. The first-order valence-corrected chi connectivity index (χ1v) is 20.6. The van der Waals surface area contributed by atoms with Gasteiger partial charge in [-0.15, -0.1) is 0 Å². The minimum Gasteiger partial charge on any atom is -0.293 e. The highest BCUT2D eigenvalue weighted by atomic mass is 15.2. The van der Waals surface area contributed by atoms with E-state index < -0.39 is 5.41 Å². The van der Waals surface area contributed by atoms with Crippen LogP contribution in [0.2, 0.25) is 0 Å². The summed E-state index contributed by atoms with van der Waals surface area (Å²) < 4.78 is 0. The molecule has 1 aliphatic heterocycles. The molecule has 0 atom stereocenters. The Morgan fingerprint density at radius 3 is 1.75 bits per heavy atom. The van der Waals surface area contributed by atoms with E-state index in [4.69, 9.17) is 9.97 Å². The van der Waals surface area contributed by atoms with Crippen molar-refractivity contribution in [3.63, 3.8) is 0 Å². The van der Waals surface area contributed by atoms with Crippen LogP contribution in [0, 0.1) is 0 Å². The van der Waals surface area contributed by atoms with Crippen molar-refractivity contribution in [3.05, 3.63) is 247 Å². The molecule has 3 heterocycles. The van der Waals surface area contributed by atoms with Crippen LogP contribution in [0.15, 0.2) is 225 Å². The molecule has 0 unspecified atom stereocenters. The third-order valence-corrected chi connectivity index (χ3v) is 12.5. The summed E-state index contributed by atoms with van der Waals surface area (Å²) in [5.41, 5.74) is 17.8. The topological polar surface area (TPSA) is 29.0 Å². The van der Waals surface area contributed by atoms with Gasteiger partial charge in [0.1, 0.15) is 5.82 Å². The first-order valence-electron chi connectivity index (χ1n) is 20.6. The Balaban J connectivity index is 1.24. The molecule has 2 aliphatic rings. The molecule has 12 rings (SSSR count). The Bertz CT molecular complexity index is 3140. The van der Waals surface area contributed by atoms with Gasteiger partial charge < -0.3 is 0 Å². The summed E-state index contributed by atoms with van der Waals surface area (Å²) in [4.78, 5) is 12.9. The number of benzene rings is 8. The normalized spacial score (nSPS) is 13.1. The fraction of sp³-hybridized carbons (Fsp3) is 0.0175. The van der Waals surface area contributed by atoms with Crippen LogP contribution < -0.4 is 4.90 Å². The van der Waals surface area contributed by atoms with E-state index in [0.29, 0.717) is 0 Å². The van der Waals surface area contributed by atoms with Crippen molar-refractivity contribution >= 4 is 28.0 Å². The van der Waals surface area contributed by atoms with Gasteiger partial charge in [0.15, 0.2) is 0 Å². The highest BCUT2D eigenvalue weighted by Crippen LogP contribution is 2.63. The number of fused-ring (bicyclic) bond motifs is 6. The average molecular weight is 764 g/mol. The summed E-state index contributed by atoms with van der Waals surface area (Å²) in [6, 6.07) is 79.1. The standard InChI is InChI=1S/C57H37N3/c1-5-18-38(19-6-1)40-36-51(39-20-7-2-8-21-39)59-53(37-40)60-52-30-17-27-44-43(50-29-15-16-35-58-50)31-32-45(54(44)52)46-33-34-49-55(56(46)60)47-26-13-14-28-48(47)57(49,41-22-9-3-10-23-41)42-24-11-4-12-25-42/h1-37H. The zero-order chi connectivity index (χ0) is 39.6. The molecule has 3 nitrogen and oxygen atoms in total. The lowest BCUT2D eigenvalue weighted by molar-refractivity contribution is 0.768. The SMILES string of the molecule is c1ccc(-c2cc(-c3ccccc3)nc(N3c4c(ccc5c4-c4ccccc4C5(c4ccccc4)c4ccccc4)-c4ccc(-c5ccccn5)c5cccc3c45)c2)cc1. The van der Waals surface area contributed by atoms with Crippen molar-refractivity contribution in [2.45, 2.75) is 5.41 Å². The van der Waals surface area contributed by atoms with Gasteiger partial charge in [0.2, 0.25) is 0 Å². The van der Waals surface area contributed by atoms with Crippen molar-refractivity contribution in [2.75, 3.05) is 4.90 Å². The number of pyridine rings is 2. The monoisotopic (exact) mass is 763 g/mol. The maximum Gasteiger partial charge on any atom is 0.138 e. The first-order chi connectivity index (χ1) is 29.8. The van der Waals surface area contributed by atoms with E-state index >= 15 is 0 Å². The van der Waals surface area contributed by atoms with Crippen molar-refractivity contribution in [2.24, 2.45) is 0 Å². The molecule has 8 aromatic carbocycles. The lowest BCUT2D eigenvalue weighted by Crippen LogP contribution is -2.28. The van der Waals surface area contributed by atoms with Crippen molar-refractivity contribution < 1.29 is 0 Å². The maximum atomic E-state index is 5.64. The van der Waals surface area contributed by atoms with Crippen LogP contribution in [0.1, 0.15) is 22.3 Å². The molecule has 2 aromatic heterocycles. The van der Waals surface area contributed by atoms with E-state index in [9.17, 15) is 0 Å². The van der Waals surface area contributed by atoms with Crippen LogP contribution in [-0.4, -0.2) is 9.97 Å². The second-order valence-electron chi connectivity index (χ2n) is 15.7. The molecule has 60 heavy (non-hydrogen) atoms. The van der Waals surface area contributed by atoms with Crippen LogP contribution >= 0.6 is 0 Å². The van der Waals surface area contributed by atoms with Gasteiger partial charge >= 0.3 is 0 Å². The molecular formula is C57H37N3. The van der Waals surface area contributed by atoms with E-state index in [0.717, 1.165) is 56.2 Å². The molecule has 3 heteroatoms. The van der Waals surface area contributed by atoms with E-state index in [1.165, 1.54) is 49.9 Å². The Morgan fingerprint density at radius 2 is 1.03 bits per heavy atom. The number of nitrogens with zero attached hydrogens (tertiary/aromatic N) is 3. The third-order valence-electron chi connectivity index (χ3n) is 12.5. The maximum absolute atomic E-state index is 5.64. The van der Waals surface area contributed by atoms with Gasteiger partial charge in [-0.1, -0.05) is 188 Å². The van der Waals surface area contributed by atoms with E-state index in [1.54, 1.807) is 0 Å². The second-order valence-corrected chi connectivity index (χ2v) is 15.7. The quantitative estimate of drug-likeness (QED) is 0.169. The van der Waals surface area contributed by atoms with Gasteiger partial charge in [-0.2, -0.15) is 0 Å². The number of hydrogen-bond acceptors (Lipinski definition) is 3. The molecule has 1 aliphatic carbocycles. The fourth-order valence-electron chi connectivity index (χ4n) is 10.1. The smallest absolute Gasteiger partial charge is 0.138 e. The van der Waals surface area contributed by atoms with Gasteiger partial charge in [-0.05, 0) is 80.2 Å². The minimum absolute atomic E-state index is 0.557. The van der Waals surface area contributed by atoms with E-state index in [1.807, 2.05) is 12.3 Å². The largest absolute Gasteiger partial charge is 0.293 e. The third kappa shape index (κ3) is 5.03. The van der Waals surface area contributed by atoms with Crippen LogP contribution in [0.4, 0.5) is 17.2 Å². The molecule has 0 spiro atoms. The summed E-state index contributed by atoms with van der Waals surface area (Å²) in [6.07, 6.45) is 1.88. The van der Waals surface area contributed by atoms with Crippen LogP contribution in [0.25, 0.3) is 66.7 Å². The first kappa shape index (κ1) is 34.2. The molecule has 280 valence electrons. The highest BCUT2D eigenvalue weighted by Gasteiger charge is 2.48. The predicted molar refractivity (Wildman–Crippen MR) is 247 cm³/mol. The Kier molecular flexibility index (Phi) is 7.76. The fourth-order valence-corrected chi connectivity index (χ4v) is 10.1. The average Bonchev–Trinajstić information content (AvgIpc) is 3.64. The molecule has 0 radical (unpaired) electrons. The summed E-state index contributed by atoms with van der Waals surface area (Å²) >= 11 is 0. The lowest BCUT2D eigenvalue weighted by Gasteiger charge is -2.37. The summed E-state index contributed by atoms with van der Waals surface area (Å²) in [7, 11) is 0. The zero-order valence-electron chi connectivity index (χ0n) is 32.7. The zero-order valence-corrected chi connectivity index (χ0v) is 32.7. The van der Waals surface area contributed by atoms with Crippen molar-refractivity contribution in [3.8, 4) is 55.9 Å². The van der Waals surface area contributed by atoms with Gasteiger partial charge in [0.05, 0.1) is 28.2 Å². The number of aromatic nitrogens is 2. The number of hydrogen-bond donors (Lipinski definition) is 0. The minimum atomic E-state index is -0.557. The van der Waals surface area contributed by atoms with Gasteiger partial charge in [-0.3, -0.25) is 9.88 Å². The molecule has 0 bridgehead atoms. The Labute approximate surface area is 349 Å². The van der Waals surface area contributed by atoms with Crippen molar-refractivity contribution in [1.29, 1.82) is 0 Å². The molecule has 0 saturated carbocycles. The highest BCUT2D eigenvalue weighted by molar-refractivity contribution is 6.19.